The van der Waals surface area contributed by atoms with E-state index in [0.29, 0.717) is 32.6 Å². The Labute approximate surface area is 133 Å². The number of halogens is 1. The zero-order chi connectivity index (χ0) is 15.4. The number of amides is 1. The Morgan fingerprint density at radius 2 is 2.09 bits per heavy atom. The van der Waals surface area contributed by atoms with Crippen LogP contribution in [0.25, 0.3) is 0 Å². The van der Waals surface area contributed by atoms with E-state index in [1.807, 2.05) is 23.6 Å². The molecule has 2 aromatic rings. The SMILES string of the molecule is O=C(NCc1cccs1)C1(c2cccc(F)c2)CCOCC1. The van der Waals surface area contributed by atoms with Crippen LogP contribution in [0.2, 0.25) is 0 Å². The van der Waals surface area contributed by atoms with Crippen molar-refractivity contribution in [3.8, 4) is 0 Å². The molecule has 1 aliphatic rings. The van der Waals surface area contributed by atoms with Crippen molar-refractivity contribution in [2.45, 2.75) is 24.8 Å². The number of rotatable bonds is 4. The molecule has 1 N–H and O–H groups in total. The van der Waals surface area contributed by atoms with Gasteiger partial charge in [0.05, 0.1) is 12.0 Å². The third-order valence-corrected chi connectivity index (χ3v) is 5.04. The molecule has 1 saturated heterocycles. The second-order valence-electron chi connectivity index (χ2n) is 5.47. The van der Waals surface area contributed by atoms with Gasteiger partial charge < -0.3 is 10.1 Å². The van der Waals surface area contributed by atoms with Crippen molar-refractivity contribution in [3.63, 3.8) is 0 Å². The molecule has 0 bridgehead atoms. The normalized spacial score (nSPS) is 17.1. The molecule has 3 rings (SSSR count). The lowest BCUT2D eigenvalue weighted by atomic mass is 9.73. The Hall–Kier alpha value is -1.72. The first-order valence-electron chi connectivity index (χ1n) is 7.35. The highest BCUT2D eigenvalue weighted by Gasteiger charge is 2.41. The summed E-state index contributed by atoms with van der Waals surface area (Å²) >= 11 is 1.61. The molecule has 1 amide bonds. The van der Waals surface area contributed by atoms with E-state index in [9.17, 15) is 9.18 Å². The zero-order valence-electron chi connectivity index (χ0n) is 12.2. The average Bonchev–Trinajstić information content (AvgIpc) is 3.06. The molecule has 0 spiro atoms. The topological polar surface area (TPSA) is 38.3 Å². The van der Waals surface area contributed by atoms with Gasteiger partial charge in [-0.3, -0.25) is 4.79 Å². The van der Waals surface area contributed by atoms with E-state index in [1.165, 1.54) is 12.1 Å². The molecule has 0 unspecified atom stereocenters. The Balaban J connectivity index is 1.83. The third-order valence-electron chi connectivity index (χ3n) is 4.16. The summed E-state index contributed by atoms with van der Waals surface area (Å²) in [5.41, 5.74) is 0.0388. The van der Waals surface area contributed by atoms with E-state index in [2.05, 4.69) is 5.32 Å². The second-order valence-corrected chi connectivity index (χ2v) is 6.50. The highest BCUT2D eigenvalue weighted by atomic mass is 32.1. The number of thiophene rings is 1. The second kappa shape index (κ2) is 6.58. The number of hydrogen-bond acceptors (Lipinski definition) is 3. The minimum absolute atomic E-state index is 0.0465. The number of benzene rings is 1. The quantitative estimate of drug-likeness (QED) is 0.939. The molecule has 1 aliphatic heterocycles. The lowest BCUT2D eigenvalue weighted by Gasteiger charge is -2.36. The predicted octanol–water partition coefficient (Wildman–Crippen LogP) is 3.25. The van der Waals surface area contributed by atoms with Crippen molar-refractivity contribution in [1.29, 1.82) is 0 Å². The smallest absolute Gasteiger partial charge is 0.231 e. The van der Waals surface area contributed by atoms with Gasteiger partial charge in [-0.1, -0.05) is 18.2 Å². The molecule has 2 heterocycles. The Morgan fingerprint density at radius 3 is 2.77 bits per heavy atom. The zero-order valence-corrected chi connectivity index (χ0v) is 13.0. The molecule has 116 valence electrons. The molecule has 1 aromatic carbocycles. The van der Waals surface area contributed by atoms with Crippen molar-refractivity contribution in [2.24, 2.45) is 0 Å². The molecule has 5 heteroatoms. The predicted molar refractivity (Wildman–Crippen MR) is 84.3 cm³/mol. The number of ether oxygens (including phenoxy) is 1. The van der Waals surface area contributed by atoms with Crippen LogP contribution in [0.1, 0.15) is 23.3 Å². The average molecular weight is 319 g/mol. The van der Waals surface area contributed by atoms with Crippen LogP contribution in [0.4, 0.5) is 4.39 Å². The van der Waals surface area contributed by atoms with E-state index in [1.54, 1.807) is 17.4 Å². The summed E-state index contributed by atoms with van der Waals surface area (Å²) in [5.74, 6) is -0.357. The molecule has 3 nitrogen and oxygen atoms in total. The lowest BCUT2D eigenvalue weighted by Crippen LogP contribution is -2.47. The molecule has 0 saturated carbocycles. The molecule has 0 radical (unpaired) electrons. The van der Waals surface area contributed by atoms with Gasteiger partial charge >= 0.3 is 0 Å². The van der Waals surface area contributed by atoms with Crippen molar-refractivity contribution < 1.29 is 13.9 Å². The maximum atomic E-state index is 13.6. The summed E-state index contributed by atoms with van der Waals surface area (Å²) in [4.78, 5) is 13.9. The number of nitrogens with one attached hydrogen (secondary N) is 1. The van der Waals surface area contributed by atoms with Crippen LogP contribution in [0, 0.1) is 5.82 Å². The van der Waals surface area contributed by atoms with Crippen molar-refractivity contribution >= 4 is 17.2 Å². The summed E-state index contributed by atoms with van der Waals surface area (Å²) in [6.07, 6.45) is 1.15. The van der Waals surface area contributed by atoms with Crippen LogP contribution in [-0.2, 0) is 21.5 Å². The van der Waals surface area contributed by atoms with Crippen molar-refractivity contribution in [3.05, 3.63) is 58.0 Å². The number of carbonyl (C=O) groups is 1. The number of hydrogen-bond donors (Lipinski definition) is 1. The fourth-order valence-corrected chi connectivity index (χ4v) is 3.55. The van der Waals surface area contributed by atoms with E-state index < -0.39 is 5.41 Å². The van der Waals surface area contributed by atoms with Gasteiger partial charge in [-0.05, 0) is 42.0 Å². The van der Waals surface area contributed by atoms with Gasteiger partial charge in [-0.2, -0.15) is 0 Å². The van der Waals surface area contributed by atoms with Crippen molar-refractivity contribution in [2.75, 3.05) is 13.2 Å². The largest absolute Gasteiger partial charge is 0.381 e. The summed E-state index contributed by atoms with van der Waals surface area (Å²) in [6.45, 7) is 1.54. The summed E-state index contributed by atoms with van der Waals surface area (Å²) in [5, 5.41) is 4.99. The minimum atomic E-state index is -0.697. The maximum absolute atomic E-state index is 13.6. The number of carbonyl (C=O) groups excluding carboxylic acids is 1. The fourth-order valence-electron chi connectivity index (χ4n) is 2.90. The molecular formula is C17H18FNO2S. The Bertz CT molecular complexity index is 636. The first-order valence-corrected chi connectivity index (χ1v) is 8.23. The van der Waals surface area contributed by atoms with Gasteiger partial charge in [0.15, 0.2) is 0 Å². The van der Waals surface area contributed by atoms with Crippen LogP contribution in [0.3, 0.4) is 0 Å². The maximum Gasteiger partial charge on any atom is 0.231 e. The fraction of sp³-hybridized carbons (Fsp3) is 0.353. The van der Waals surface area contributed by atoms with E-state index in [4.69, 9.17) is 4.74 Å². The molecule has 22 heavy (non-hydrogen) atoms. The van der Waals surface area contributed by atoms with Crippen LogP contribution < -0.4 is 5.32 Å². The first-order chi connectivity index (χ1) is 10.7. The van der Waals surface area contributed by atoms with Gasteiger partial charge in [-0.25, -0.2) is 4.39 Å². The standard InChI is InChI=1S/C17H18FNO2S/c18-14-4-1-3-13(11-14)17(6-8-21-9-7-17)16(20)19-12-15-5-2-10-22-15/h1-5,10-11H,6-9,12H2,(H,19,20). The molecular weight excluding hydrogens is 301 g/mol. The van der Waals surface area contributed by atoms with Gasteiger partial charge in [0.1, 0.15) is 5.82 Å². The first kappa shape index (κ1) is 15.2. The Kier molecular flexibility index (Phi) is 4.55. The van der Waals surface area contributed by atoms with Crippen LogP contribution >= 0.6 is 11.3 Å². The summed E-state index contributed by atoms with van der Waals surface area (Å²) in [7, 11) is 0. The van der Waals surface area contributed by atoms with Crippen LogP contribution in [0.15, 0.2) is 41.8 Å². The molecule has 1 fully saturated rings. The van der Waals surface area contributed by atoms with E-state index in [-0.39, 0.29) is 11.7 Å². The van der Waals surface area contributed by atoms with Gasteiger partial charge in [-0.15, -0.1) is 11.3 Å². The highest BCUT2D eigenvalue weighted by Crippen LogP contribution is 2.35. The molecule has 0 aliphatic carbocycles. The minimum Gasteiger partial charge on any atom is -0.381 e. The van der Waals surface area contributed by atoms with Gasteiger partial charge in [0, 0.05) is 18.1 Å². The highest BCUT2D eigenvalue weighted by molar-refractivity contribution is 7.09. The van der Waals surface area contributed by atoms with Gasteiger partial charge in [0.2, 0.25) is 5.91 Å². The third kappa shape index (κ3) is 3.05. The van der Waals surface area contributed by atoms with Gasteiger partial charge in [0.25, 0.3) is 0 Å². The Morgan fingerprint density at radius 1 is 1.27 bits per heavy atom. The van der Waals surface area contributed by atoms with E-state index >= 15 is 0 Å². The van der Waals surface area contributed by atoms with E-state index in [0.717, 1.165) is 10.4 Å². The monoisotopic (exact) mass is 319 g/mol. The van der Waals surface area contributed by atoms with Crippen molar-refractivity contribution in [1.82, 2.24) is 5.32 Å². The van der Waals surface area contributed by atoms with Crippen LogP contribution in [-0.4, -0.2) is 19.1 Å². The van der Waals surface area contributed by atoms with Crippen LogP contribution in [0.5, 0.6) is 0 Å². The molecule has 0 atom stereocenters. The summed E-state index contributed by atoms with van der Waals surface area (Å²) < 4.78 is 19.0. The molecule has 1 aromatic heterocycles. The summed E-state index contributed by atoms with van der Waals surface area (Å²) in [6, 6.07) is 10.3. The lowest BCUT2D eigenvalue weighted by molar-refractivity contribution is -0.130.